The maximum Gasteiger partial charge on any atom is 0.222 e. The Morgan fingerprint density at radius 1 is 1.17 bits per heavy atom. The second-order valence-corrected chi connectivity index (χ2v) is 8.81. The molecule has 36 heavy (non-hydrogen) atoms. The van der Waals surface area contributed by atoms with Crippen molar-refractivity contribution < 1.29 is 14.0 Å². The highest BCUT2D eigenvalue weighted by Gasteiger charge is 2.25. The lowest BCUT2D eigenvalue weighted by Crippen LogP contribution is -2.40. The summed E-state index contributed by atoms with van der Waals surface area (Å²) in [6, 6.07) is 14.1. The zero-order valence-electron chi connectivity index (χ0n) is 20.4. The van der Waals surface area contributed by atoms with E-state index in [0.717, 1.165) is 49.3 Å². The fraction of sp³-hybridized carbons (Fsp3) is 0.333. The molecule has 1 aliphatic rings. The van der Waals surface area contributed by atoms with Crippen molar-refractivity contribution in [3.05, 3.63) is 77.9 Å². The third-order valence-corrected chi connectivity index (χ3v) is 6.40. The third-order valence-electron chi connectivity index (χ3n) is 6.40. The first kappa shape index (κ1) is 25.1. The number of pyridine rings is 2. The molecule has 0 saturated carbocycles. The van der Waals surface area contributed by atoms with Gasteiger partial charge in [-0.2, -0.15) is 0 Å². The molecular weight excluding hydrogens is 459 g/mol. The van der Waals surface area contributed by atoms with Crippen LogP contribution in [-0.4, -0.2) is 49.0 Å². The van der Waals surface area contributed by atoms with E-state index in [1.807, 2.05) is 30.3 Å². The molecular formula is C27H31FN6O2. The molecule has 9 heteroatoms. The third kappa shape index (κ3) is 6.35. The summed E-state index contributed by atoms with van der Waals surface area (Å²) in [5.74, 6) is 1.19. The summed E-state index contributed by atoms with van der Waals surface area (Å²) in [5, 5.41) is 6.09. The van der Waals surface area contributed by atoms with E-state index in [1.54, 1.807) is 30.4 Å². The van der Waals surface area contributed by atoms with E-state index in [0.29, 0.717) is 31.0 Å². The smallest absolute Gasteiger partial charge is 0.222 e. The number of aromatic nitrogens is 2. The molecule has 0 atom stereocenters. The van der Waals surface area contributed by atoms with E-state index >= 15 is 0 Å². The van der Waals surface area contributed by atoms with Crippen molar-refractivity contribution in [2.24, 2.45) is 5.92 Å². The quantitative estimate of drug-likeness (QED) is 0.424. The Hall–Kier alpha value is -4.01. The summed E-state index contributed by atoms with van der Waals surface area (Å²) in [6.07, 6.45) is 6.32. The minimum atomic E-state index is -0.267. The normalized spacial score (nSPS) is 13.8. The zero-order chi connectivity index (χ0) is 25.3. The minimum absolute atomic E-state index is 0.0134. The Balaban J connectivity index is 1.54. The van der Waals surface area contributed by atoms with Gasteiger partial charge < -0.3 is 20.4 Å². The summed E-state index contributed by atoms with van der Waals surface area (Å²) in [6.45, 7) is 2.32. The summed E-state index contributed by atoms with van der Waals surface area (Å²) >= 11 is 0. The standard InChI is InChI=1S/C27H31FN6O2/c1-29-27(36)22-10-14-33(15-11-22)25-8-7-24(34(19-35)18-21-5-3-12-30-17-21)26(32-25)31-13-9-20-4-2-6-23(28)16-20/h2-8,12,16-17,19,22H,9-11,13-15,18H2,1H3,(H,29,36)(H,31,32). The van der Waals surface area contributed by atoms with E-state index in [1.165, 1.54) is 12.1 Å². The van der Waals surface area contributed by atoms with Crippen LogP contribution >= 0.6 is 0 Å². The Morgan fingerprint density at radius 3 is 2.67 bits per heavy atom. The van der Waals surface area contributed by atoms with Crippen LogP contribution in [0, 0.1) is 11.7 Å². The maximum absolute atomic E-state index is 13.6. The predicted octanol–water partition coefficient (Wildman–Crippen LogP) is 3.40. The molecule has 1 aliphatic heterocycles. The van der Waals surface area contributed by atoms with Crippen molar-refractivity contribution in [2.45, 2.75) is 25.8 Å². The van der Waals surface area contributed by atoms with Crippen LogP contribution in [0.2, 0.25) is 0 Å². The fourth-order valence-electron chi connectivity index (χ4n) is 4.44. The molecule has 1 saturated heterocycles. The lowest BCUT2D eigenvalue weighted by Gasteiger charge is -2.32. The Morgan fingerprint density at radius 2 is 1.97 bits per heavy atom. The minimum Gasteiger partial charge on any atom is -0.368 e. The van der Waals surface area contributed by atoms with Gasteiger partial charge in [0.1, 0.15) is 11.6 Å². The van der Waals surface area contributed by atoms with E-state index in [-0.39, 0.29) is 17.6 Å². The Labute approximate surface area is 210 Å². The van der Waals surface area contributed by atoms with Gasteiger partial charge in [0.05, 0.1) is 12.2 Å². The molecule has 4 rings (SSSR count). The van der Waals surface area contributed by atoms with Gasteiger partial charge in [0.2, 0.25) is 12.3 Å². The van der Waals surface area contributed by atoms with Crippen LogP contribution in [0.1, 0.15) is 24.0 Å². The molecule has 8 nitrogen and oxygen atoms in total. The van der Waals surface area contributed by atoms with Crippen LogP contribution in [0.25, 0.3) is 0 Å². The van der Waals surface area contributed by atoms with Gasteiger partial charge in [0.25, 0.3) is 0 Å². The number of carbonyl (C=O) groups excluding carboxylic acids is 2. The second kappa shape index (κ2) is 12.1. The predicted molar refractivity (Wildman–Crippen MR) is 138 cm³/mol. The van der Waals surface area contributed by atoms with Crippen molar-refractivity contribution in [1.29, 1.82) is 0 Å². The molecule has 1 aromatic carbocycles. The number of hydrogen-bond donors (Lipinski definition) is 2. The van der Waals surface area contributed by atoms with Crippen LogP contribution in [0.5, 0.6) is 0 Å². The van der Waals surface area contributed by atoms with Crippen molar-refractivity contribution in [2.75, 3.05) is 41.8 Å². The molecule has 0 radical (unpaired) electrons. The fourth-order valence-corrected chi connectivity index (χ4v) is 4.44. The van der Waals surface area contributed by atoms with Crippen molar-refractivity contribution in [3.63, 3.8) is 0 Å². The van der Waals surface area contributed by atoms with Crippen LogP contribution in [0.4, 0.5) is 21.7 Å². The molecule has 2 amide bonds. The summed E-state index contributed by atoms with van der Waals surface area (Å²) in [7, 11) is 1.67. The highest BCUT2D eigenvalue weighted by Crippen LogP contribution is 2.30. The number of halogens is 1. The summed E-state index contributed by atoms with van der Waals surface area (Å²) in [5.41, 5.74) is 2.42. The van der Waals surface area contributed by atoms with E-state index in [4.69, 9.17) is 4.98 Å². The van der Waals surface area contributed by atoms with Crippen molar-refractivity contribution >= 4 is 29.6 Å². The first-order valence-electron chi connectivity index (χ1n) is 12.1. The number of piperidine rings is 1. The van der Waals surface area contributed by atoms with Crippen molar-refractivity contribution in [3.8, 4) is 0 Å². The molecule has 3 heterocycles. The SMILES string of the molecule is CNC(=O)C1CCN(c2ccc(N(C=O)Cc3cccnc3)c(NCCc3cccc(F)c3)n2)CC1. The van der Waals surface area contributed by atoms with Crippen LogP contribution in [0.15, 0.2) is 60.9 Å². The van der Waals surface area contributed by atoms with Gasteiger partial charge in [-0.25, -0.2) is 9.37 Å². The molecule has 0 bridgehead atoms. The number of nitrogens with zero attached hydrogens (tertiary/aromatic N) is 4. The highest BCUT2D eigenvalue weighted by atomic mass is 19.1. The first-order chi connectivity index (χ1) is 17.6. The monoisotopic (exact) mass is 490 g/mol. The van der Waals surface area contributed by atoms with Gasteiger partial charge in [0.15, 0.2) is 5.82 Å². The first-order valence-corrected chi connectivity index (χ1v) is 12.1. The van der Waals surface area contributed by atoms with Crippen LogP contribution < -0.4 is 20.4 Å². The van der Waals surface area contributed by atoms with Gasteiger partial charge >= 0.3 is 0 Å². The Kier molecular flexibility index (Phi) is 8.44. The number of benzene rings is 1. The van der Waals surface area contributed by atoms with Crippen LogP contribution in [0.3, 0.4) is 0 Å². The maximum atomic E-state index is 13.6. The molecule has 0 aliphatic carbocycles. The average molecular weight is 491 g/mol. The highest BCUT2D eigenvalue weighted by molar-refractivity contribution is 5.83. The number of carbonyl (C=O) groups is 2. The lowest BCUT2D eigenvalue weighted by molar-refractivity contribution is -0.125. The largest absolute Gasteiger partial charge is 0.368 e. The second-order valence-electron chi connectivity index (χ2n) is 8.81. The van der Waals surface area contributed by atoms with Gasteiger partial charge in [-0.1, -0.05) is 18.2 Å². The molecule has 2 N–H and O–H groups in total. The number of rotatable bonds is 10. The van der Waals surface area contributed by atoms with Gasteiger partial charge in [-0.05, 0) is 60.7 Å². The van der Waals surface area contributed by atoms with Gasteiger partial charge in [-0.3, -0.25) is 14.6 Å². The average Bonchev–Trinajstić information content (AvgIpc) is 2.92. The molecule has 0 unspecified atom stereocenters. The van der Waals surface area contributed by atoms with Gasteiger partial charge in [-0.15, -0.1) is 0 Å². The van der Waals surface area contributed by atoms with E-state index in [9.17, 15) is 14.0 Å². The molecule has 1 fully saturated rings. The molecule has 3 aromatic rings. The van der Waals surface area contributed by atoms with Crippen LogP contribution in [-0.2, 0) is 22.6 Å². The topological polar surface area (TPSA) is 90.5 Å². The summed E-state index contributed by atoms with van der Waals surface area (Å²) < 4.78 is 13.6. The number of hydrogen-bond acceptors (Lipinski definition) is 6. The molecule has 188 valence electrons. The van der Waals surface area contributed by atoms with Crippen molar-refractivity contribution in [1.82, 2.24) is 15.3 Å². The zero-order valence-corrected chi connectivity index (χ0v) is 20.4. The number of anilines is 3. The number of amides is 2. The van der Waals surface area contributed by atoms with Gasteiger partial charge in [0, 0.05) is 45.0 Å². The lowest BCUT2D eigenvalue weighted by atomic mass is 9.96. The Bertz CT molecular complexity index is 1170. The van der Waals surface area contributed by atoms with E-state index in [2.05, 4.69) is 20.5 Å². The van der Waals surface area contributed by atoms with E-state index < -0.39 is 0 Å². The number of nitrogens with one attached hydrogen (secondary N) is 2. The molecule has 0 spiro atoms. The summed E-state index contributed by atoms with van der Waals surface area (Å²) in [4.78, 5) is 36.8. The molecule has 2 aromatic heterocycles.